The fourth-order valence-corrected chi connectivity index (χ4v) is 5.91. The number of hydrazone groups is 1. The Morgan fingerprint density at radius 2 is 1.95 bits per heavy atom. The summed E-state index contributed by atoms with van der Waals surface area (Å²) in [5, 5.41) is 21.3. The van der Waals surface area contributed by atoms with Crippen LogP contribution < -0.4 is 15.5 Å². The molecule has 12 heteroatoms. The van der Waals surface area contributed by atoms with Crippen LogP contribution in [0.2, 0.25) is 0 Å². The lowest BCUT2D eigenvalue weighted by atomic mass is 9.88. The first-order valence-electron chi connectivity index (χ1n) is 13.5. The Kier molecular flexibility index (Phi) is 7.75. The van der Waals surface area contributed by atoms with Crippen molar-refractivity contribution in [3.63, 3.8) is 0 Å². The number of aryl methyl sites for hydroxylation is 1. The van der Waals surface area contributed by atoms with E-state index in [4.69, 9.17) is 4.74 Å². The van der Waals surface area contributed by atoms with Gasteiger partial charge in [0.15, 0.2) is 0 Å². The van der Waals surface area contributed by atoms with E-state index in [1.54, 1.807) is 41.2 Å². The van der Waals surface area contributed by atoms with Crippen LogP contribution in [-0.2, 0) is 17.3 Å². The third-order valence-corrected chi connectivity index (χ3v) is 7.98. The van der Waals surface area contributed by atoms with Gasteiger partial charge >= 0.3 is 12.2 Å². The van der Waals surface area contributed by atoms with Crippen LogP contribution in [0.5, 0.6) is 0 Å². The summed E-state index contributed by atoms with van der Waals surface area (Å²) >= 11 is 0. The van der Waals surface area contributed by atoms with Gasteiger partial charge in [-0.2, -0.15) is 18.3 Å². The van der Waals surface area contributed by atoms with Crippen LogP contribution in [0.25, 0.3) is 0 Å². The topological polar surface area (TPSA) is 96.3 Å². The maximum Gasteiger partial charge on any atom is 0.416 e. The molecule has 39 heavy (non-hydrogen) atoms. The average molecular weight is 548 g/mol. The van der Waals surface area contributed by atoms with Gasteiger partial charge in [-0.3, -0.25) is 10.4 Å². The summed E-state index contributed by atoms with van der Waals surface area (Å²) in [6.07, 6.45) is 0.619. The molecule has 1 unspecified atom stereocenters. The van der Waals surface area contributed by atoms with Crippen LogP contribution in [0.1, 0.15) is 48.3 Å². The van der Waals surface area contributed by atoms with Gasteiger partial charge in [-0.25, -0.2) is 4.79 Å². The second-order valence-electron chi connectivity index (χ2n) is 10.6. The van der Waals surface area contributed by atoms with Crippen LogP contribution in [0.4, 0.5) is 23.7 Å². The van der Waals surface area contributed by atoms with Crippen molar-refractivity contribution in [1.29, 1.82) is 5.41 Å². The predicted molar refractivity (Wildman–Crippen MR) is 143 cm³/mol. The molecular weight excluding hydrogens is 511 g/mol. The lowest BCUT2D eigenvalue weighted by Crippen LogP contribution is -2.49. The predicted octanol–water partition coefficient (Wildman–Crippen LogP) is 3.52. The highest BCUT2D eigenvalue weighted by Crippen LogP contribution is 2.42. The number of carbonyl (C=O) groups excluding carboxylic acids is 1. The molecule has 0 aliphatic carbocycles. The van der Waals surface area contributed by atoms with Crippen molar-refractivity contribution in [2.75, 3.05) is 58.4 Å². The number of anilines is 1. The first kappa shape index (κ1) is 27.3. The number of urea groups is 1. The van der Waals surface area contributed by atoms with E-state index >= 15 is 0 Å². The first-order chi connectivity index (χ1) is 18.7. The van der Waals surface area contributed by atoms with E-state index in [1.807, 2.05) is 0 Å². The fraction of sp³-hybridized carbons (Fsp3) is 0.593. The van der Waals surface area contributed by atoms with Crippen molar-refractivity contribution in [2.24, 2.45) is 5.10 Å². The van der Waals surface area contributed by atoms with Gasteiger partial charge in [-0.1, -0.05) is 6.07 Å². The quantitative estimate of drug-likeness (QED) is 0.396. The zero-order chi connectivity index (χ0) is 27.7. The van der Waals surface area contributed by atoms with Crippen LogP contribution in [0, 0.1) is 5.41 Å². The summed E-state index contributed by atoms with van der Waals surface area (Å²) in [5.41, 5.74) is 2.30. The second-order valence-corrected chi connectivity index (χ2v) is 10.6. The molecule has 1 fully saturated rings. The molecule has 9 nitrogen and oxygen atoms in total. The molecule has 0 aromatic heterocycles. The number of halogens is 3. The summed E-state index contributed by atoms with van der Waals surface area (Å²) in [5.74, 6) is -0.300. The van der Waals surface area contributed by atoms with Crippen LogP contribution >= 0.6 is 0 Å². The monoisotopic (exact) mass is 547 g/mol. The number of carbonyl (C=O) groups is 1. The first-order valence-corrected chi connectivity index (χ1v) is 13.5. The molecule has 1 aromatic rings. The zero-order valence-corrected chi connectivity index (χ0v) is 22.4. The van der Waals surface area contributed by atoms with Crippen molar-refractivity contribution in [2.45, 2.75) is 50.2 Å². The van der Waals surface area contributed by atoms with Crippen molar-refractivity contribution in [3.8, 4) is 0 Å². The van der Waals surface area contributed by atoms with Gasteiger partial charge in [-0.05, 0) is 42.9 Å². The minimum Gasteiger partial charge on any atom is -0.385 e. The Hall–Kier alpha value is -3.28. The van der Waals surface area contributed by atoms with Crippen molar-refractivity contribution in [3.05, 3.63) is 40.1 Å². The number of hydrogen-bond acceptors (Lipinski definition) is 6. The van der Waals surface area contributed by atoms with Crippen molar-refractivity contribution < 1.29 is 22.7 Å². The molecule has 4 aliphatic rings. The van der Waals surface area contributed by atoms with Crippen molar-refractivity contribution >= 4 is 23.8 Å². The molecule has 0 saturated carbocycles. The molecule has 1 atom stereocenters. The van der Waals surface area contributed by atoms with E-state index in [0.717, 1.165) is 24.1 Å². The summed E-state index contributed by atoms with van der Waals surface area (Å²) in [4.78, 5) is 15.8. The Labute approximate surface area is 226 Å². The zero-order valence-electron chi connectivity index (χ0n) is 22.4. The molecule has 5 rings (SSSR count). The Morgan fingerprint density at radius 3 is 2.62 bits per heavy atom. The van der Waals surface area contributed by atoms with Gasteiger partial charge < -0.3 is 25.2 Å². The van der Waals surface area contributed by atoms with Crippen LogP contribution in [0.3, 0.4) is 0 Å². The number of fused-ring (bicyclic) bond motifs is 1. The molecule has 4 heterocycles. The fourth-order valence-electron chi connectivity index (χ4n) is 5.91. The van der Waals surface area contributed by atoms with Crippen LogP contribution in [-0.4, -0.2) is 87.5 Å². The average Bonchev–Trinajstić information content (AvgIpc) is 3.37. The molecule has 212 valence electrons. The summed E-state index contributed by atoms with van der Waals surface area (Å²) in [6.45, 7) is 2.86. The largest absolute Gasteiger partial charge is 0.416 e. The molecule has 4 aliphatic heterocycles. The number of ether oxygens (including phenoxy) is 1. The standard InChI is InChI=1S/C27H36F3N7O2/c1-32-26(38)36-9-5-23(34-19-6-10-39-11-7-19)21(16-36)25(31)37-8-3-4-17-12-20(18-14-33-35(2)15-18)22(13-24(17)37)27(28,29)30/h12-14,18-19,31,34H,3-11,15-16H2,1-2H3,(H,32,38). The molecule has 3 N–H and O–H groups in total. The van der Waals surface area contributed by atoms with Gasteiger partial charge in [0.1, 0.15) is 5.84 Å². The highest BCUT2D eigenvalue weighted by Gasteiger charge is 2.39. The number of amidine groups is 1. The molecule has 0 spiro atoms. The molecule has 1 saturated heterocycles. The maximum absolute atomic E-state index is 14.3. The van der Waals surface area contributed by atoms with E-state index in [2.05, 4.69) is 15.7 Å². The molecular formula is C27H36F3N7O2. The van der Waals surface area contributed by atoms with Gasteiger partial charge in [0, 0.05) is 88.5 Å². The van der Waals surface area contributed by atoms with Gasteiger partial charge in [0.05, 0.1) is 12.1 Å². The number of benzene rings is 1. The SMILES string of the molecule is CNC(=O)N1CCC(NC2CCOCC2)=C(C(=N)N2CCCc3cc(C4C=NN(C)C4)c(C(F)(F)F)cc32)C1. The highest BCUT2D eigenvalue weighted by atomic mass is 19.4. The van der Waals surface area contributed by atoms with E-state index in [1.165, 1.54) is 6.07 Å². The van der Waals surface area contributed by atoms with Gasteiger partial charge in [0.25, 0.3) is 0 Å². The minimum absolute atomic E-state index is 0.141. The Balaban J connectivity index is 1.51. The van der Waals surface area contributed by atoms with E-state index in [9.17, 15) is 23.4 Å². The maximum atomic E-state index is 14.3. The lowest BCUT2D eigenvalue weighted by molar-refractivity contribution is -0.138. The summed E-state index contributed by atoms with van der Waals surface area (Å²) in [6, 6.07) is 2.84. The Morgan fingerprint density at radius 1 is 1.18 bits per heavy atom. The normalized spacial score (nSPS) is 22.3. The number of alkyl halides is 3. The summed E-state index contributed by atoms with van der Waals surface area (Å²) in [7, 11) is 3.31. The molecule has 1 aromatic carbocycles. The molecule has 2 amide bonds. The number of hydrogen-bond donors (Lipinski definition) is 3. The minimum atomic E-state index is -4.54. The lowest BCUT2D eigenvalue weighted by Gasteiger charge is -2.38. The van der Waals surface area contributed by atoms with Crippen molar-refractivity contribution in [1.82, 2.24) is 20.5 Å². The highest BCUT2D eigenvalue weighted by molar-refractivity contribution is 6.09. The number of rotatable bonds is 4. The van der Waals surface area contributed by atoms with E-state index in [-0.39, 0.29) is 30.0 Å². The number of nitrogens with one attached hydrogen (secondary N) is 3. The van der Waals surface area contributed by atoms with Crippen LogP contribution in [0.15, 0.2) is 28.5 Å². The third kappa shape index (κ3) is 5.70. The van der Waals surface area contributed by atoms with Gasteiger partial charge in [0.2, 0.25) is 0 Å². The van der Waals surface area contributed by atoms with Gasteiger partial charge in [-0.15, -0.1) is 0 Å². The smallest absolute Gasteiger partial charge is 0.385 e. The van der Waals surface area contributed by atoms with E-state index in [0.29, 0.717) is 63.4 Å². The molecule has 0 radical (unpaired) electrons. The number of nitrogens with zero attached hydrogens (tertiary/aromatic N) is 4. The summed E-state index contributed by atoms with van der Waals surface area (Å²) < 4.78 is 48.5. The third-order valence-electron chi connectivity index (χ3n) is 7.98. The number of likely N-dealkylation sites (N-methyl/N-ethyl adjacent to an activating group) is 1. The molecule has 0 bridgehead atoms. The second kappa shape index (κ2) is 11.1. The number of amides is 2. The Bertz CT molecular complexity index is 1180. The van der Waals surface area contributed by atoms with E-state index < -0.39 is 17.7 Å².